The van der Waals surface area contributed by atoms with E-state index in [1.165, 1.54) is 0 Å². The third-order valence-corrected chi connectivity index (χ3v) is 3.45. The number of nitrogens with one attached hydrogen (secondary N) is 2. The molecule has 2 amide bonds. The lowest BCUT2D eigenvalue weighted by molar-refractivity contribution is 0.241. The van der Waals surface area contributed by atoms with Gasteiger partial charge in [0.25, 0.3) is 0 Å². The number of urea groups is 1. The second-order valence-electron chi connectivity index (χ2n) is 4.96. The first-order valence-electron chi connectivity index (χ1n) is 7.66. The number of benzene rings is 2. The van der Waals surface area contributed by atoms with Gasteiger partial charge in [0.15, 0.2) is 11.5 Å². The van der Waals surface area contributed by atoms with Gasteiger partial charge in [-0.2, -0.15) is 0 Å². The summed E-state index contributed by atoms with van der Waals surface area (Å²) in [5.41, 5.74) is 0.968. The van der Waals surface area contributed by atoms with Crippen molar-refractivity contribution in [1.29, 1.82) is 0 Å². The molecular formula is C19H19ClN2O3. The van der Waals surface area contributed by atoms with Crippen LogP contribution in [0.4, 0.5) is 4.79 Å². The van der Waals surface area contributed by atoms with E-state index in [0.717, 1.165) is 5.56 Å². The molecule has 25 heavy (non-hydrogen) atoms. The molecule has 2 rings (SSSR count). The number of amides is 2. The predicted octanol–water partition coefficient (Wildman–Crippen LogP) is 3.23. The quantitative estimate of drug-likeness (QED) is 0.779. The molecule has 0 aliphatic rings. The van der Waals surface area contributed by atoms with Crippen molar-refractivity contribution in [1.82, 2.24) is 10.6 Å². The SMILES string of the molecule is COc1ccccc1OCC#CCNC(=O)NCc1ccc(Cl)cc1. The molecule has 2 aromatic rings. The van der Waals surface area contributed by atoms with E-state index >= 15 is 0 Å². The zero-order valence-corrected chi connectivity index (χ0v) is 14.6. The standard InChI is InChI=1S/C19H19ClN2O3/c1-24-17-6-2-3-7-18(17)25-13-5-4-12-21-19(23)22-14-15-8-10-16(20)11-9-15/h2-3,6-11H,12-14H2,1H3,(H2,21,22,23). The highest BCUT2D eigenvalue weighted by Crippen LogP contribution is 2.25. The summed E-state index contributed by atoms with van der Waals surface area (Å²) < 4.78 is 10.7. The van der Waals surface area contributed by atoms with Crippen LogP contribution in [-0.4, -0.2) is 26.3 Å². The number of rotatable bonds is 6. The predicted molar refractivity (Wildman–Crippen MR) is 98.0 cm³/mol. The Morgan fingerprint density at radius 2 is 1.76 bits per heavy atom. The fourth-order valence-electron chi connectivity index (χ4n) is 1.94. The van der Waals surface area contributed by atoms with Crippen LogP contribution in [0.1, 0.15) is 5.56 Å². The molecule has 0 unspecified atom stereocenters. The van der Waals surface area contributed by atoms with Gasteiger partial charge in [0.05, 0.1) is 13.7 Å². The first-order valence-corrected chi connectivity index (χ1v) is 8.04. The highest BCUT2D eigenvalue weighted by Gasteiger charge is 2.01. The van der Waals surface area contributed by atoms with Crippen molar-refractivity contribution in [2.45, 2.75) is 6.54 Å². The summed E-state index contributed by atoms with van der Waals surface area (Å²) in [6.45, 7) is 0.878. The Bertz CT molecular complexity index is 751. The van der Waals surface area contributed by atoms with Gasteiger partial charge in [-0.1, -0.05) is 47.7 Å². The summed E-state index contributed by atoms with van der Waals surface area (Å²) in [7, 11) is 1.58. The molecule has 0 aliphatic carbocycles. The molecule has 0 aromatic heterocycles. The smallest absolute Gasteiger partial charge is 0.315 e. The summed E-state index contributed by atoms with van der Waals surface area (Å²) in [4.78, 5) is 11.7. The zero-order valence-electron chi connectivity index (χ0n) is 13.8. The first kappa shape index (κ1) is 18.5. The molecule has 0 saturated carbocycles. The van der Waals surface area contributed by atoms with Crippen LogP contribution in [-0.2, 0) is 6.54 Å². The third kappa shape index (κ3) is 6.66. The monoisotopic (exact) mass is 358 g/mol. The minimum Gasteiger partial charge on any atom is -0.493 e. The van der Waals surface area contributed by atoms with E-state index in [1.807, 2.05) is 36.4 Å². The van der Waals surface area contributed by atoms with Crippen molar-refractivity contribution in [2.75, 3.05) is 20.3 Å². The number of carbonyl (C=O) groups is 1. The molecule has 2 N–H and O–H groups in total. The Kier molecular flexibility index (Phi) is 7.48. The summed E-state index contributed by atoms with van der Waals surface area (Å²) in [5.74, 6) is 6.95. The van der Waals surface area contributed by atoms with Crippen molar-refractivity contribution in [3.63, 3.8) is 0 Å². The van der Waals surface area contributed by atoms with Crippen LogP contribution >= 0.6 is 11.6 Å². The maximum Gasteiger partial charge on any atom is 0.315 e. The van der Waals surface area contributed by atoms with E-state index in [0.29, 0.717) is 23.1 Å². The first-order chi connectivity index (χ1) is 12.2. The van der Waals surface area contributed by atoms with Crippen LogP contribution in [0.3, 0.4) is 0 Å². The Hall–Kier alpha value is -2.84. The zero-order chi connectivity index (χ0) is 17.9. The van der Waals surface area contributed by atoms with Crippen molar-refractivity contribution in [3.05, 3.63) is 59.1 Å². The van der Waals surface area contributed by atoms with Gasteiger partial charge in [-0.3, -0.25) is 0 Å². The largest absolute Gasteiger partial charge is 0.493 e. The van der Waals surface area contributed by atoms with E-state index in [-0.39, 0.29) is 19.2 Å². The average molecular weight is 359 g/mol. The van der Waals surface area contributed by atoms with Crippen molar-refractivity contribution >= 4 is 17.6 Å². The van der Waals surface area contributed by atoms with Gasteiger partial charge in [0, 0.05) is 11.6 Å². The van der Waals surface area contributed by atoms with E-state index in [4.69, 9.17) is 21.1 Å². The minimum atomic E-state index is -0.283. The summed E-state index contributed by atoms with van der Waals surface area (Å²) >= 11 is 5.81. The summed E-state index contributed by atoms with van der Waals surface area (Å²) in [5, 5.41) is 6.06. The van der Waals surface area contributed by atoms with E-state index in [9.17, 15) is 4.79 Å². The molecule has 0 saturated heterocycles. The van der Waals surface area contributed by atoms with Crippen LogP contribution < -0.4 is 20.1 Å². The fourth-order valence-corrected chi connectivity index (χ4v) is 2.06. The number of para-hydroxylation sites is 2. The third-order valence-electron chi connectivity index (χ3n) is 3.20. The number of methoxy groups -OCH3 is 1. The second-order valence-corrected chi connectivity index (χ2v) is 5.39. The highest BCUT2D eigenvalue weighted by molar-refractivity contribution is 6.30. The van der Waals surface area contributed by atoms with E-state index < -0.39 is 0 Å². The Morgan fingerprint density at radius 1 is 1.04 bits per heavy atom. The maximum atomic E-state index is 11.7. The molecule has 0 spiro atoms. The normalized spacial score (nSPS) is 9.52. The van der Waals surface area contributed by atoms with Crippen LogP contribution in [0.15, 0.2) is 48.5 Å². The molecule has 6 heteroatoms. The minimum absolute atomic E-state index is 0.217. The Balaban J connectivity index is 1.64. The number of halogens is 1. The molecule has 0 atom stereocenters. The van der Waals surface area contributed by atoms with Gasteiger partial charge in [-0.25, -0.2) is 4.79 Å². The van der Waals surface area contributed by atoms with Gasteiger partial charge >= 0.3 is 6.03 Å². The molecule has 0 radical (unpaired) electrons. The van der Waals surface area contributed by atoms with Gasteiger partial charge in [-0.05, 0) is 29.8 Å². The molecule has 5 nitrogen and oxygen atoms in total. The average Bonchev–Trinajstić information content (AvgIpc) is 2.64. The molecule has 0 aliphatic heterocycles. The number of ether oxygens (including phenoxy) is 2. The van der Waals surface area contributed by atoms with Gasteiger partial charge in [-0.15, -0.1) is 0 Å². The van der Waals surface area contributed by atoms with Crippen LogP contribution in [0, 0.1) is 11.8 Å². The topological polar surface area (TPSA) is 59.6 Å². The van der Waals surface area contributed by atoms with Gasteiger partial charge < -0.3 is 20.1 Å². The van der Waals surface area contributed by atoms with Crippen LogP contribution in [0.2, 0.25) is 5.02 Å². The molecule has 0 bridgehead atoms. The van der Waals surface area contributed by atoms with Crippen LogP contribution in [0.25, 0.3) is 0 Å². The lowest BCUT2D eigenvalue weighted by atomic mass is 10.2. The summed E-state index contributed by atoms with van der Waals surface area (Å²) in [6.07, 6.45) is 0. The Morgan fingerprint density at radius 3 is 2.48 bits per heavy atom. The number of carbonyl (C=O) groups excluding carboxylic acids is 1. The van der Waals surface area contributed by atoms with Crippen molar-refractivity contribution in [2.24, 2.45) is 0 Å². The maximum absolute atomic E-state index is 11.7. The number of hydrogen-bond donors (Lipinski definition) is 2. The van der Waals surface area contributed by atoms with E-state index in [2.05, 4.69) is 22.5 Å². The van der Waals surface area contributed by atoms with Gasteiger partial charge in [0.1, 0.15) is 6.61 Å². The van der Waals surface area contributed by atoms with E-state index in [1.54, 1.807) is 19.2 Å². The van der Waals surface area contributed by atoms with Gasteiger partial charge in [0.2, 0.25) is 0 Å². The number of hydrogen-bond acceptors (Lipinski definition) is 3. The lowest BCUT2D eigenvalue weighted by Crippen LogP contribution is -2.35. The Labute approximate surface area is 152 Å². The molecule has 0 fully saturated rings. The molecular weight excluding hydrogens is 340 g/mol. The lowest BCUT2D eigenvalue weighted by Gasteiger charge is -2.07. The van der Waals surface area contributed by atoms with Crippen molar-refractivity contribution < 1.29 is 14.3 Å². The summed E-state index contributed by atoms with van der Waals surface area (Å²) in [6, 6.07) is 14.3. The molecule has 130 valence electrons. The fraction of sp³-hybridized carbons (Fsp3) is 0.211. The molecule has 2 aromatic carbocycles. The second kappa shape index (κ2) is 10.1. The molecule has 0 heterocycles. The van der Waals surface area contributed by atoms with Crippen LogP contribution in [0.5, 0.6) is 11.5 Å². The van der Waals surface area contributed by atoms with Crippen molar-refractivity contribution in [3.8, 4) is 23.3 Å². The highest BCUT2D eigenvalue weighted by atomic mass is 35.5.